The van der Waals surface area contributed by atoms with E-state index in [9.17, 15) is 13.6 Å². The highest BCUT2D eigenvalue weighted by atomic mass is 19.3. The smallest absolute Gasteiger partial charge is 0.345 e. The Kier molecular flexibility index (Phi) is 8.13. The maximum Gasteiger partial charge on any atom is 0.345 e. The van der Waals surface area contributed by atoms with E-state index in [4.69, 9.17) is 10.5 Å². The Labute approximate surface area is 224 Å². The van der Waals surface area contributed by atoms with Gasteiger partial charge in [-0.1, -0.05) is 30.3 Å². The van der Waals surface area contributed by atoms with Crippen molar-refractivity contribution in [3.63, 3.8) is 0 Å². The van der Waals surface area contributed by atoms with Gasteiger partial charge in [0.05, 0.1) is 23.5 Å². The Morgan fingerprint density at radius 2 is 1.87 bits per heavy atom. The third-order valence-electron chi connectivity index (χ3n) is 7.14. The number of hydrogen-bond acceptors (Lipinski definition) is 7. The van der Waals surface area contributed by atoms with Crippen LogP contribution in [0, 0.1) is 5.92 Å². The van der Waals surface area contributed by atoms with E-state index in [1.807, 2.05) is 35.0 Å². The molecule has 206 valence electrons. The number of alkyl halides is 2. The summed E-state index contributed by atoms with van der Waals surface area (Å²) < 4.78 is 36.9. The molecule has 2 aliphatic rings. The molecule has 6 rings (SSSR count). The first kappa shape index (κ1) is 26.7. The summed E-state index contributed by atoms with van der Waals surface area (Å²) >= 11 is 0. The molecule has 4 aromatic rings. The molecule has 1 saturated heterocycles. The van der Waals surface area contributed by atoms with E-state index in [-0.39, 0.29) is 11.8 Å². The summed E-state index contributed by atoms with van der Waals surface area (Å²) in [5.74, 6) is 0.227. The van der Waals surface area contributed by atoms with Gasteiger partial charge in [0.15, 0.2) is 5.82 Å². The molecule has 0 spiro atoms. The molecule has 1 amide bonds. The van der Waals surface area contributed by atoms with Gasteiger partial charge < -0.3 is 20.5 Å². The first-order valence-corrected chi connectivity index (χ1v) is 12.9. The van der Waals surface area contributed by atoms with E-state index >= 15 is 0 Å². The summed E-state index contributed by atoms with van der Waals surface area (Å²) in [5, 5.41) is 11.5. The fourth-order valence-corrected chi connectivity index (χ4v) is 5.07. The lowest BCUT2D eigenvalue weighted by atomic mass is 9.82. The lowest BCUT2D eigenvalue weighted by Gasteiger charge is -2.33. The zero-order valence-corrected chi connectivity index (χ0v) is 21.5. The summed E-state index contributed by atoms with van der Waals surface area (Å²) in [7, 11) is 1.53. The van der Waals surface area contributed by atoms with Gasteiger partial charge in [-0.3, -0.25) is 9.48 Å². The first-order valence-electron chi connectivity index (χ1n) is 12.9. The summed E-state index contributed by atoms with van der Waals surface area (Å²) in [6.45, 7) is -1.19. The van der Waals surface area contributed by atoms with Crippen LogP contribution in [0.5, 0.6) is 0 Å². The number of rotatable bonds is 6. The summed E-state index contributed by atoms with van der Waals surface area (Å²) in [4.78, 5) is 15.1. The van der Waals surface area contributed by atoms with Crippen LogP contribution in [0.2, 0.25) is 0 Å². The molecule has 39 heavy (non-hydrogen) atoms. The van der Waals surface area contributed by atoms with Crippen LogP contribution in [0.1, 0.15) is 31.7 Å². The number of amides is 1. The molecule has 0 unspecified atom stereocenters. The van der Waals surface area contributed by atoms with Crippen molar-refractivity contribution in [3.05, 3.63) is 55.0 Å². The van der Waals surface area contributed by atoms with Gasteiger partial charge in [0.2, 0.25) is 5.91 Å². The Morgan fingerprint density at radius 3 is 2.56 bits per heavy atom. The molecule has 12 heteroatoms. The van der Waals surface area contributed by atoms with Gasteiger partial charge in [-0.2, -0.15) is 19.0 Å². The number of nitrogen functional groups attached to an aromatic ring is 1. The molecule has 1 aliphatic heterocycles. The van der Waals surface area contributed by atoms with E-state index in [1.165, 1.54) is 13.4 Å². The topological polar surface area (TPSA) is 122 Å². The normalized spacial score (nSPS) is 19.4. The number of carbonyl (C=O) groups is 1. The third kappa shape index (κ3) is 5.76. The van der Waals surface area contributed by atoms with Gasteiger partial charge in [-0.15, -0.1) is 0 Å². The van der Waals surface area contributed by atoms with E-state index in [0.717, 1.165) is 54.1 Å². The summed E-state index contributed by atoms with van der Waals surface area (Å²) in [6, 6.07) is 14.7. The molecule has 0 radical (unpaired) electrons. The zero-order chi connectivity index (χ0) is 27.4. The fourth-order valence-electron chi connectivity index (χ4n) is 5.07. The molecule has 1 aromatic carbocycles. The lowest BCUT2D eigenvalue weighted by Crippen LogP contribution is -2.41. The highest BCUT2D eigenvalue weighted by Crippen LogP contribution is 2.36. The van der Waals surface area contributed by atoms with Crippen LogP contribution in [0.3, 0.4) is 0 Å². The third-order valence-corrected chi connectivity index (χ3v) is 7.14. The van der Waals surface area contributed by atoms with Crippen LogP contribution in [-0.4, -0.2) is 63.3 Å². The molecule has 2 fully saturated rings. The number of carbonyl (C=O) groups excluding carboxylic acids is 1. The minimum absolute atomic E-state index is 0.0934. The van der Waals surface area contributed by atoms with Gasteiger partial charge in [0.25, 0.3) is 0 Å². The molecular formula is C27H31F2N7O3. The van der Waals surface area contributed by atoms with Crippen LogP contribution >= 0.6 is 0 Å². The molecule has 3 aromatic heterocycles. The van der Waals surface area contributed by atoms with E-state index in [1.54, 1.807) is 0 Å². The number of anilines is 1. The molecule has 0 bridgehead atoms. The second kappa shape index (κ2) is 11.9. The average molecular weight is 540 g/mol. The van der Waals surface area contributed by atoms with Crippen molar-refractivity contribution in [1.29, 1.82) is 0 Å². The standard InChI is InChI=1S/C20H20N6O.C7H11F2NO2/c21-20-19-16(17-6-9-23-25(17)15-7-10-27-11-8-15)12-18(26(19)24-13-22-20)14-4-2-1-3-5-14;1-10-6(11)4-2-5(3-4)12-7(8)9/h1-6,9,12-13,15H,7-8,10-11H2,(H2,21,22,24);4-5,7H,2-3H2,1H3,(H,10,11). The number of nitrogens with two attached hydrogens (primary N) is 1. The van der Waals surface area contributed by atoms with Crippen molar-refractivity contribution >= 4 is 17.2 Å². The number of hydrogen-bond donors (Lipinski definition) is 2. The molecule has 4 heterocycles. The maximum absolute atomic E-state index is 11.6. The highest BCUT2D eigenvalue weighted by Gasteiger charge is 2.36. The highest BCUT2D eigenvalue weighted by molar-refractivity contribution is 5.90. The van der Waals surface area contributed by atoms with Gasteiger partial charge in [-0.25, -0.2) is 9.50 Å². The molecule has 10 nitrogen and oxygen atoms in total. The van der Waals surface area contributed by atoms with Crippen LogP contribution in [0.25, 0.3) is 28.0 Å². The number of nitrogens with zero attached hydrogens (tertiary/aromatic N) is 5. The number of nitrogens with one attached hydrogen (secondary N) is 1. The minimum Gasteiger partial charge on any atom is -0.382 e. The summed E-state index contributed by atoms with van der Waals surface area (Å²) in [6.07, 6.45) is 5.63. The first-order chi connectivity index (χ1) is 19.0. The predicted octanol–water partition coefficient (Wildman–Crippen LogP) is 3.94. The minimum atomic E-state index is -2.72. The van der Waals surface area contributed by atoms with E-state index < -0.39 is 12.7 Å². The van der Waals surface area contributed by atoms with E-state index in [0.29, 0.717) is 24.7 Å². The van der Waals surface area contributed by atoms with Crippen LogP contribution in [-0.2, 0) is 14.3 Å². The van der Waals surface area contributed by atoms with E-state index in [2.05, 4.69) is 48.1 Å². The fraction of sp³-hybridized carbons (Fsp3) is 0.407. The number of benzene rings is 1. The number of halogens is 2. The van der Waals surface area contributed by atoms with Gasteiger partial charge in [-0.05, 0) is 37.8 Å². The van der Waals surface area contributed by atoms with Crippen LogP contribution in [0.15, 0.2) is 55.0 Å². The van der Waals surface area contributed by atoms with Crippen molar-refractivity contribution in [2.24, 2.45) is 5.92 Å². The average Bonchev–Trinajstić information content (AvgIpc) is 3.57. The van der Waals surface area contributed by atoms with Crippen LogP contribution in [0.4, 0.5) is 14.6 Å². The lowest BCUT2D eigenvalue weighted by molar-refractivity contribution is -0.192. The Bertz CT molecular complexity index is 1400. The molecule has 0 atom stereocenters. The number of aromatic nitrogens is 5. The monoisotopic (exact) mass is 539 g/mol. The quantitative estimate of drug-likeness (QED) is 0.381. The summed E-state index contributed by atoms with van der Waals surface area (Å²) in [5.41, 5.74) is 11.2. The van der Waals surface area contributed by atoms with Crippen molar-refractivity contribution in [2.75, 3.05) is 26.0 Å². The SMILES string of the molecule is CNC(=O)C1CC(OC(F)F)C1.Nc1ncnn2c(-c3ccccc3)cc(-c3ccnn3C3CCOCC3)c12. The molecular weight excluding hydrogens is 508 g/mol. The second-order valence-corrected chi connectivity index (χ2v) is 9.52. The predicted molar refractivity (Wildman–Crippen MR) is 141 cm³/mol. The molecule has 1 saturated carbocycles. The van der Waals surface area contributed by atoms with Crippen molar-refractivity contribution in [2.45, 2.75) is 44.4 Å². The number of ether oxygens (including phenoxy) is 2. The Hall–Kier alpha value is -3.90. The Morgan fingerprint density at radius 1 is 1.13 bits per heavy atom. The number of fused-ring (bicyclic) bond motifs is 1. The maximum atomic E-state index is 11.6. The van der Waals surface area contributed by atoms with Crippen LogP contribution < -0.4 is 11.1 Å². The molecule has 3 N–H and O–H groups in total. The van der Waals surface area contributed by atoms with Gasteiger partial charge in [0.1, 0.15) is 11.8 Å². The van der Waals surface area contributed by atoms with Gasteiger partial charge in [0, 0.05) is 43.5 Å². The largest absolute Gasteiger partial charge is 0.382 e. The van der Waals surface area contributed by atoms with Crippen molar-refractivity contribution < 1.29 is 23.0 Å². The second-order valence-electron chi connectivity index (χ2n) is 9.52. The van der Waals surface area contributed by atoms with Gasteiger partial charge >= 0.3 is 6.61 Å². The van der Waals surface area contributed by atoms with Crippen molar-refractivity contribution in [3.8, 4) is 22.5 Å². The zero-order valence-electron chi connectivity index (χ0n) is 21.5. The Balaban J connectivity index is 0.000000217. The van der Waals surface area contributed by atoms with Crippen molar-refractivity contribution in [1.82, 2.24) is 29.7 Å². The molecule has 1 aliphatic carbocycles.